The molecule has 1 saturated heterocycles. The van der Waals surface area contributed by atoms with Crippen molar-refractivity contribution >= 4 is 22.9 Å². The Morgan fingerprint density at radius 2 is 2.47 bits per heavy atom. The molecule has 0 bridgehead atoms. The molecule has 1 aliphatic rings. The van der Waals surface area contributed by atoms with Gasteiger partial charge in [-0.3, -0.25) is 4.98 Å². The molecule has 0 aromatic carbocycles. The number of hydrogen-bond acceptors (Lipinski definition) is 4. The molecule has 4 nitrogen and oxygen atoms in total. The first-order chi connectivity index (χ1) is 8.25. The van der Waals surface area contributed by atoms with Crippen LogP contribution >= 0.6 is 12.2 Å². The Balaban J connectivity index is 1.76. The first-order valence-corrected chi connectivity index (χ1v) is 6.24. The fourth-order valence-corrected chi connectivity index (χ4v) is 2.00. The Kier molecular flexibility index (Phi) is 4.28. The van der Waals surface area contributed by atoms with Crippen LogP contribution in [0.15, 0.2) is 18.3 Å². The zero-order valence-electron chi connectivity index (χ0n) is 9.69. The van der Waals surface area contributed by atoms with Crippen molar-refractivity contribution in [2.45, 2.75) is 12.8 Å². The summed E-state index contributed by atoms with van der Waals surface area (Å²) < 4.78 is 5.33. The highest BCUT2D eigenvalue weighted by atomic mass is 32.1. The number of nitrogens with zero attached hydrogens (tertiary/aromatic N) is 1. The van der Waals surface area contributed by atoms with E-state index in [-0.39, 0.29) is 0 Å². The van der Waals surface area contributed by atoms with Crippen LogP contribution in [0.3, 0.4) is 0 Å². The molecule has 0 radical (unpaired) electrons. The zero-order valence-corrected chi connectivity index (χ0v) is 10.5. The lowest BCUT2D eigenvalue weighted by Crippen LogP contribution is -2.12. The van der Waals surface area contributed by atoms with Crippen LogP contribution in [-0.2, 0) is 4.74 Å². The van der Waals surface area contributed by atoms with Crippen LogP contribution in [0.4, 0.5) is 5.69 Å². The monoisotopic (exact) mass is 251 g/mol. The van der Waals surface area contributed by atoms with Crippen molar-refractivity contribution < 1.29 is 4.74 Å². The van der Waals surface area contributed by atoms with Crippen molar-refractivity contribution in [3.8, 4) is 0 Å². The average Bonchev–Trinajstić information content (AvgIpc) is 2.83. The van der Waals surface area contributed by atoms with Gasteiger partial charge in [0.25, 0.3) is 0 Å². The Bertz CT molecular complexity index is 374. The standard InChI is InChI=1S/C12H17N3OS/c13-12(17)11-2-1-10(7-15-11)14-5-3-9-4-6-16-8-9/h1-2,7,9,14H,3-6,8H2,(H2,13,17). The molecule has 1 aromatic rings. The number of pyridine rings is 1. The van der Waals surface area contributed by atoms with Gasteiger partial charge in [0, 0.05) is 19.8 Å². The van der Waals surface area contributed by atoms with Crippen LogP contribution in [0.5, 0.6) is 0 Å². The second kappa shape index (κ2) is 5.93. The lowest BCUT2D eigenvalue weighted by molar-refractivity contribution is 0.185. The molecule has 0 amide bonds. The molecule has 0 aliphatic carbocycles. The van der Waals surface area contributed by atoms with Gasteiger partial charge >= 0.3 is 0 Å². The molecule has 0 saturated carbocycles. The largest absolute Gasteiger partial charge is 0.388 e. The van der Waals surface area contributed by atoms with Crippen LogP contribution in [0, 0.1) is 5.92 Å². The van der Waals surface area contributed by atoms with E-state index in [0.717, 1.165) is 31.9 Å². The van der Waals surface area contributed by atoms with Crippen molar-refractivity contribution in [1.82, 2.24) is 4.98 Å². The molecule has 92 valence electrons. The molecule has 1 aliphatic heterocycles. The summed E-state index contributed by atoms with van der Waals surface area (Å²) in [6, 6.07) is 3.79. The number of hydrogen-bond donors (Lipinski definition) is 2. The number of rotatable bonds is 5. The second-order valence-electron chi connectivity index (χ2n) is 4.24. The van der Waals surface area contributed by atoms with Gasteiger partial charge in [0.1, 0.15) is 4.99 Å². The van der Waals surface area contributed by atoms with Gasteiger partial charge in [-0.2, -0.15) is 0 Å². The van der Waals surface area contributed by atoms with Gasteiger partial charge in [-0.05, 0) is 30.9 Å². The Labute approximate surface area is 107 Å². The fourth-order valence-electron chi connectivity index (χ4n) is 1.88. The molecule has 1 aromatic heterocycles. The normalized spacial score (nSPS) is 19.2. The molecular formula is C12H17N3OS. The summed E-state index contributed by atoms with van der Waals surface area (Å²) in [6.45, 7) is 2.76. The summed E-state index contributed by atoms with van der Waals surface area (Å²) in [7, 11) is 0. The van der Waals surface area contributed by atoms with Crippen LogP contribution < -0.4 is 11.1 Å². The predicted molar refractivity (Wildman–Crippen MR) is 72.2 cm³/mol. The topological polar surface area (TPSA) is 60.2 Å². The van der Waals surface area contributed by atoms with Crippen LogP contribution in [-0.4, -0.2) is 29.7 Å². The molecule has 3 N–H and O–H groups in total. The predicted octanol–water partition coefficient (Wildman–Crippen LogP) is 1.55. The molecule has 0 spiro atoms. The number of nitrogens with two attached hydrogens (primary N) is 1. The van der Waals surface area contributed by atoms with E-state index < -0.39 is 0 Å². The van der Waals surface area contributed by atoms with Gasteiger partial charge in [-0.1, -0.05) is 12.2 Å². The van der Waals surface area contributed by atoms with Crippen molar-refractivity contribution in [2.24, 2.45) is 11.7 Å². The van der Waals surface area contributed by atoms with E-state index in [9.17, 15) is 0 Å². The summed E-state index contributed by atoms with van der Waals surface area (Å²) in [6.07, 6.45) is 4.08. The Hall–Kier alpha value is -1.20. The van der Waals surface area contributed by atoms with Crippen molar-refractivity contribution in [3.05, 3.63) is 24.0 Å². The minimum atomic E-state index is 0.333. The second-order valence-corrected chi connectivity index (χ2v) is 4.68. The third-order valence-electron chi connectivity index (χ3n) is 2.92. The highest BCUT2D eigenvalue weighted by Crippen LogP contribution is 2.16. The van der Waals surface area contributed by atoms with Crippen molar-refractivity contribution in [3.63, 3.8) is 0 Å². The summed E-state index contributed by atoms with van der Waals surface area (Å²) in [4.78, 5) is 4.51. The minimum Gasteiger partial charge on any atom is -0.388 e. The number of ether oxygens (including phenoxy) is 1. The van der Waals surface area contributed by atoms with Gasteiger partial charge in [0.2, 0.25) is 0 Å². The summed E-state index contributed by atoms with van der Waals surface area (Å²) in [5.41, 5.74) is 7.15. The Morgan fingerprint density at radius 1 is 1.59 bits per heavy atom. The molecule has 5 heteroatoms. The molecule has 1 unspecified atom stereocenters. The molecule has 1 fully saturated rings. The third kappa shape index (κ3) is 3.64. The maximum absolute atomic E-state index is 5.48. The summed E-state index contributed by atoms with van der Waals surface area (Å²) in [5.74, 6) is 0.700. The number of thiocarbonyl (C=S) groups is 1. The Morgan fingerprint density at radius 3 is 3.06 bits per heavy atom. The van der Waals surface area contributed by atoms with E-state index in [1.807, 2.05) is 12.1 Å². The SMILES string of the molecule is NC(=S)c1ccc(NCCC2CCOC2)cn1. The van der Waals surface area contributed by atoms with Gasteiger partial charge in [0.15, 0.2) is 0 Å². The van der Waals surface area contributed by atoms with E-state index in [2.05, 4.69) is 10.3 Å². The van der Waals surface area contributed by atoms with Crippen molar-refractivity contribution in [1.29, 1.82) is 0 Å². The summed E-state index contributed by atoms with van der Waals surface area (Å²) >= 11 is 4.85. The van der Waals surface area contributed by atoms with E-state index >= 15 is 0 Å². The van der Waals surface area contributed by atoms with E-state index in [4.69, 9.17) is 22.7 Å². The number of nitrogens with one attached hydrogen (secondary N) is 1. The quantitative estimate of drug-likeness (QED) is 0.778. The maximum Gasteiger partial charge on any atom is 0.122 e. The third-order valence-corrected chi connectivity index (χ3v) is 3.13. The first-order valence-electron chi connectivity index (χ1n) is 5.83. The van der Waals surface area contributed by atoms with Gasteiger partial charge in [-0.25, -0.2) is 0 Å². The maximum atomic E-state index is 5.48. The number of aromatic nitrogens is 1. The fraction of sp³-hybridized carbons (Fsp3) is 0.500. The zero-order chi connectivity index (χ0) is 12.1. The minimum absolute atomic E-state index is 0.333. The van der Waals surface area contributed by atoms with E-state index in [0.29, 0.717) is 16.6 Å². The lowest BCUT2D eigenvalue weighted by Gasteiger charge is -2.09. The smallest absolute Gasteiger partial charge is 0.122 e. The summed E-state index contributed by atoms with van der Waals surface area (Å²) in [5, 5.41) is 3.34. The van der Waals surface area contributed by atoms with Crippen molar-refractivity contribution in [2.75, 3.05) is 25.1 Å². The molecule has 17 heavy (non-hydrogen) atoms. The van der Waals surface area contributed by atoms with Crippen LogP contribution in [0.2, 0.25) is 0 Å². The number of anilines is 1. The van der Waals surface area contributed by atoms with E-state index in [1.165, 1.54) is 6.42 Å². The van der Waals surface area contributed by atoms with Crippen LogP contribution in [0.25, 0.3) is 0 Å². The molecule has 2 rings (SSSR count). The van der Waals surface area contributed by atoms with Crippen LogP contribution in [0.1, 0.15) is 18.5 Å². The van der Waals surface area contributed by atoms with Gasteiger partial charge < -0.3 is 15.8 Å². The first kappa shape index (κ1) is 12.3. The highest BCUT2D eigenvalue weighted by molar-refractivity contribution is 7.80. The lowest BCUT2D eigenvalue weighted by atomic mass is 10.1. The highest BCUT2D eigenvalue weighted by Gasteiger charge is 2.14. The van der Waals surface area contributed by atoms with Gasteiger partial charge in [-0.15, -0.1) is 0 Å². The van der Waals surface area contributed by atoms with Gasteiger partial charge in [0.05, 0.1) is 17.6 Å². The molecule has 1 atom stereocenters. The molecule has 2 heterocycles. The van der Waals surface area contributed by atoms with E-state index in [1.54, 1.807) is 6.20 Å². The molecular weight excluding hydrogens is 234 g/mol. The average molecular weight is 251 g/mol.